The lowest BCUT2D eigenvalue weighted by atomic mass is 10.1. The second kappa shape index (κ2) is 10.6. The Morgan fingerprint density at radius 1 is 0.973 bits per heavy atom. The number of nitrogens with zero attached hydrogens (tertiary/aromatic N) is 4. The van der Waals surface area contributed by atoms with Gasteiger partial charge in [0.1, 0.15) is 12.3 Å². The van der Waals surface area contributed by atoms with E-state index in [1.165, 1.54) is 30.3 Å². The maximum Gasteiger partial charge on any atom is 0.344 e. The predicted octanol–water partition coefficient (Wildman–Crippen LogP) is 3.38. The number of imide groups is 1. The minimum absolute atomic E-state index is 0.0422. The van der Waals surface area contributed by atoms with Crippen molar-refractivity contribution >= 4 is 52.2 Å². The van der Waals surface area contributed by atoms with Crippen LogP contribution in [0.2, 0.25) is 0 Å². The molecule has 2 aromatic rings. The van der Waals surface area contributed by atoms with Crippen molar-refractivity contribution in [2.45, 2.75) is 12.8 Å². The minimum Gasteiger partial charge on any atom is -0.423 e. The van der Waals surface area contributed by atoms with Crippen LogP contribution in [0.4, 0.5) is 16.2 Å². The molecule has 4 rings (SSSR count). The maximum atomic E-state index is 12.7. The van der Waals surface area contributed by atoms with Crippen LogP contribution < -0.4 is 4.74 Å². The fourth-order valence-electron chi connectivity index (χ4n) is 3.71. The summed E-state index contributed by atoms with van der Waals surface area (Å²) in [4.78, 5) is 72.7. The van der Waals surface area contributed by atoms with Gasteiger partial charge in [0.2, 0.25) is 5.91 Å². The van der Waals surface area contributed by atoms with Gasteiger partial charge in [0, 0.05) is 25.2 Å². The molecule has 3 amide bonds. The Kier molecular flexibility index (Phi) is 7.29. The Morgan fingerprint density at radius 3 is 2.14 bits per heavy atom. The van der Waals surface area contributed by atoms with Gasteiger partial charge in [0.15, 0.2) is 0 Å². The van der Waals surface area contributed by atoms with Crippen LogP contribution in [0, 0.1) is 20.2 Å². The van der Waals surface area contributed by atoms with Crippen molar-refractivity contribution in [2.24, 2.45) is 0 Å². The molecule has 2 saturated heterocycles. The van der Waals surface area contributed by atoms with Crippen LogP contribution in [0.15, 0.2) is 47.4 Å². The standard InChI is InChI=1S/C23H18N4O9S/c28-20(24-7-1-2-8-24)13-25-21(29)19(37-23(25)31)9-14-3-5-18(6-4-14)36-22(30)15-10-16(26(32)33)12-17(11-15)27(34)35/h3-6,9-12H,1-2,7-8,13H2/b19-9-. The number of non-ortho nitro benzene ring substituents is 2. The molecule has 0 aromatic heterocycles. The highest BCUT2D eigenvalue weighted by Crippen LogP contribution is 2.32. The van der Waals surface area contributed by atoms with E-state index in [9.17, 15) is 39.4 Å². The third-order valence-electron chi connectivity index (χ3n) is 5.57. The number of hydrogen-bond donors (Lipinski definition) is 0. The van der Waals surface area contributed by atoms with Gasteiger partial charge in [-0.15, -0.1) is 0 Å². The molecule has 14 heteroatoms. The molecule has 0 atom stereocenters. The van der Waals surface area contributed by atoms with Crippen LogP contribution in [-0.2, 0) is 9.59 Å². The van der Waals surface area contributed by atoms with Gasteiger partial charge in [-0.25, -0.2) is 4.79 Å². The molecule has 37 heavy (non-hydrogen) atoms. The lowest BCUT2D eigenvalue weighted by Gasteiger charge is -2.18. The molecule has 2 aliphatic rings. The van der Waals surface area contributed by atoms with E-state index < -0.39 is 38.3 Å². The number of thioether (sulfide) groups is 1. The summed E-state index contributed by atoms with van der Waals surface area (Å²) in [5.41, 5.74) is -1.13. The summed E-state index contributed by atoms with van der Waals surface area (Å²) >= 11 is 0.713. The Bertz CT molecular complexity index is 1320. The van der Waals surface area contributed by atoms with Crippen molar-refractivity contribution in [1.29, 1.82) is 0 Å². The van der Waals surface area contributed by atoms with Crippen molar-refractivity contribution in [3.05, 3.63) is 78.7 Å². The quantitative estimate of drug-likeness (QED) is 0.171. The zero-order valence-corrected chi connectivity index (χ0v) is 19.8. The number of rotatable bonds is 7. The number of carbonyl (C=O) groups excluding carboxylic acids is 4. The number of benzene rings is 2. The molecule has 0 saturated carbocycles. The number of carbonyl (C=O) groups is 4. The molecule has 0 N–H and O–H groups in total. The number of esters is 1. The van der Waals surface area contributed by atoms with Crippen LogP contribution in [0.1, 0.15) is 28.8 Å². The largest absolute Gasteiger partial charge is 0.423 e. The molecule has 2 heterocycles. The van der Waals surface area contributed by atoms with Crippen molar-refractivity contribution in [3.8, 4) is 5.75 Å². The van der Waals surface area contributed by atoms with E-state index >= 15 is 0 Å². The van der Waals surface area contributed by atoms with Crippen LogP contribution in [-0.4, -0.2) is 62.3 Å². The predicted molar refractivity (Wildman–Crippen MR) is 130 cm³/mol. The molecule has 0 aliphatic carbocycles. The molecule has 0 radical (unpaired) electrons. The van der Waals surface area contributed by atoms with Gasteiger partial charge in [0.25, 0.3) is 22.5 Å². The van der Waals surface area contributed by atoms with Crippen LogP contribution >= 0.6 is 11.8 Å². The van der Waals surface area contributed by atoms with Gasteiger partial charge in [-0.1, -0.05) is 12.1 Å². The number of amides is 3. The molecule has 0 bridgehead atoms. The number of nitro groups is 2. The van der Waals surface area contributed by atoms with E-state index in [4.69, 9.17) is 4.74 Å². The lowest BCUT2D eigenvalue weighted by Crippen LogP contribution is -2.40. The van der Waals surface area contributed by atoms with Gasteiger partial charge in [-0.05, 0) is 48.4 Å². The number of nitro benzene ring substituents is 2. The molecule has 190 valence electrons. The zero-order valence-electron chi connectivity index (χ0n) is 19.0. The molecule has 0 spiro atoms. The van der Waals surface area contributed by atoms with E-state index in [0.29, 0.717) is 30.4 Å². The Balaban J connectivity index is 1.43. The molecule has 2 fully saturated rings. The number of hydrogen-bond acceptors (Lipinski definition) is 10. The summed E-state index contributed by atoms with van der Waals surface area (Å²) in [5, 5.41) is 21.5. The summed E-state index contributed by atoms with van der Waals surface area (Å²) in [5.74, 6) is -1.85. The second-order valence-electron chi connectivity index (χ2n) is 8.07. The first-order chi connectivity index (χ1) is 17.6. The van der Waals surface area contributed by atoms with Gasteiger partial charge >= 0.3 is 5.97 Å². The van der Waals surface area contributed by atoms with Gasteiger partial charge in [-0.2, -0.15) is 0 Å². The van der Waals surface area contributed by atoms with Gasteiger partial charge in [0.05, 0.1) is 26.4 Å². The van der Waals surface area contributed by atoms with Gasteiger partial charge < -0.3 is 9.64 Å². The lowest BCUT2D eigenvalue weighted by molar-refractivity contribution is -0.394. The fraction of sp³-hybridized carbons (Fsp3) is 0.217. The van der Waals surface area contributed by atoms with E-state index in [1.807, 2.05) is 0 Å². The van der Waals surface area contributed by atoms with Gasteiger partial charge in [-0.3, -0.25) is 39.5 Å². The first kappa shape index (κ1) is 25.5. The average Bonchev–Trinajstić information content (AvgIpc) is 3.50. The second-order valence-corrected chi connectivity index (χ2v) is 9.06. The SMILES string of the molecule is O=C(Oc1ccc(/C=C2\SC(=O)N(CC(=O)N3CCCC3)C2=O)cc1)c1cc([N+](=O)[O-])cc([N+](=O)[O-])c1. The third-order valence-corrected chi connectivity index (χ3v) is 6.48. The highest BCUT2D eigenvalue weighted by atomic mass is 32.2. The number of likely N-dealkylation sites (tertiary alicyclic amines) is 1. The smallest absolute Gasteiger partial charge is 0.344 e. The summed E-state index contributed by atoms with van der Waals surface area (Å²) in [6.07, 6.45) is 3.24. The van der Waals surface area contributed by atoms with Crippen molar-refractivity contribution in [3.63, 3.8) is 0 Å². The van der Waals surface area contributed by atoms with E-state index in [0.717, 1.165) is 35.9 Å². The summed E-state index contributed by atoms with van der Waals surface area (Å²) in [6.45, 7) is 0.909. The van der Waals surface area contributed by atoms with Crippen LogP contribution in [0.25, 0.3) is 6.08 Å². The summed E-state index contributed by atoms with van der Waals surface area (Å²) in [6, 6.07) is 8.25. The summed E-state index contributed by atoms with van der Waals surface area (Å²) < 4.78 is 5.16. The Morgan fingerprint density at radius 2 is 1.57 bits per heavy atom. The molecular formula is C23H18N4O9S. The molecule has 0 unspecified atom stereocenters. The molecule has 13 nitrogen and oxygen atoms in total. The normalized spacial score (nSPS) is 16.4. The first-order valence-corrected chi connectivity index (χ1v) is 11.7. The zero-order chi connectivity index (χ0) is 26.7. The summed E-state index contributed by atoms with van der Waals surface area (Å²) in [7, 11) is 0. The Hall–Kier alpha value is -4.59. The highest BCUT2D eigenvalue weighted by molar-refractivity contribution is 8.18. The molecular weight excluding hydrogens is 508 g/mol. The fourth-order valence-corrected chi connectivity index (χ4v) is 4.55. The van der Waals surface area contributed by atoms with Crippen LogP contribution in [0.3, 0.4) is 0 Å². The topological polar surface area (TPSA) is 170 Å². The van der Waals surface area contributed by atoms with E-state index in [2.05, 4.69) is 0 Å². The van der Waals surface area contributed by atoms with E-state index in [-0.39, 0.29) is 28.7 Å². The Labute approximate surface area is 213 Å². The van der Waals surface area contributed by atoms with E-state index in [1.54, 1.807) is 4.90 Å². The van der Waals surface area contributed by atoms with Crippen molar-refractivity contribution < 1.29 is 33.8 Å². The highest BCUT2D eigenvalue weighted by Gasteiger charge is 2.37. The van der Waals surface area contributed by atoms with Crippen LogP contribution in [0.5, 0.6) is 5.75 Å². The third kappa shape index (κ3) is 5.81. The minimum atomic E-state index is -1.04. The molecule has 2 aliphatic heterocycles. The monoisotopic (exact) mass is 526 g/mol. The van der Waals surface area contributed by atoms with Crippen molar-refractivity contribution in [2.75, 3.05) is 19.6 Å². The molecule has 2 aromatic carbocycles. The maximum absolute atomic E-state index is 12.7. The number of ether oxygens (including phenoxy) is 1. The first-order valence-electron chi connectivity index (χ1n) is 10.9. The average molecular weight is 526 g/mol. The van der Waals surface area contributed by atoms with Crippen molar-refractivity contribution in [1.82, 2.24) is 9.80 Å².